The van der Waals surface area contributed by atoms with E-state index in [9.17, 15) is 23.1 Å². The van der Waals surface area contributed by atoms with Gasteiger partial charge in [0.05, 0.1) is 11.3 Å². The van der Waals surface area contributed by atoms with Crippen LogP contribution >= 0.6 is 0 Å². The maximum absolute atomic E-state index is 12.5. The van der Waals surface area contributed by atoms with E-state index in [1.165, 1.54) is 18.3 Å². The highest BCUT2D eigenvalue weighted by Gasteiger charge is 2.30. The van der Waals surface area contributed by atoms with Crippen molar-refractivity contribution in [2.24, 2.45) is 0 Å². The lowest BCUT2D eigenvalue weighted by molar-refractivity contribution is -0.137. The number of pyridine rings is 1. The molecule has 0 saturated carbocycles. The Balaban J connectivity index is 1.89. The van der Waals surface area contributed by atoms with Crippen molar-refractivity contribution in [1.82, 2.24) is 4.98 Å². The Bertz CT molecular complexity index is 906. The minimum Gasteiger partial charge on any atom is -0.506 e. The first-order chi connectivity index (χ1) is 11.4. The number of aromatic hydroxyl groups is 1. The van der Waals surface area contributed by atoms with Crippen molar-refractivity contribution in [1.29, 1.82) is 0 Å². The monoisotopic (exact) mass is 332 g/mol. The molecule has 1 amide bonds. The van der Waals surface area contributed by atoms with Crippen LogP contribution in [0.3, 0.4) is 0 Å². The minimum atomic E-state index is -4.45. The van der Waals surface area contributed by atoms with Gasteiger partial charge >= 0.3 is 6.18 Å². The number of amides is 1. The summed E-state index contributed by atoms with van der Waals surface area (Å²) in [6, 6.07) is 10.1. The molecule has 2 N–H and O–H groups in total. The highest BCUT2D eigenvalue weighted by atomic mass is 19.4. The van der Waals surface area contributed by atoms with Crippen LogP contribution in [0.1, 0.15) is 15.9 Å². The van der Waals surface area contributed by atoms with E-state index in [1.807, 2.05) is 0 Å². The number of nitrogens with one attached hydrogen (secondary N) is 1. The molecule has 7 heteroatoms. The predicted molar refractivity (Wildman–Crippen MR) is 82.8 cm³/mol. The van der Waals surface area contributed by atoms with Crippen LogP contribution in [0.25, 0.3) is 10.9 Å². The van der Waals surface area contributed by atoms with Gasteiger partial charge in [0.1, 0.15) is 11.3 Å². The van der Waals surface area contributed by atoms with Crippen LogP contribution in [-0.2, 0) is 6.18 Å². The number of halogens is 3. The van der Waals surface area contributed by atoms with Gasteiger partial charge in [-0.1, -0.05) is 0 Å². The van der Waals surface area contributed by atoms with Gasteiger partial charge in [-0.2, -0.15) is 13.2 Å². The average molecular weight is 332 g/mol. The molecular weight excluding hydrogens is 321 g/mol. The maximum Gasteiger partial charge on any atom is 0.416 e. The Morgan fingerprint density at radius 2 is 1.75 bits per heavy atom. The van der Waals surface area contributed by atoms with Crippen molar-refractivity contribution in [3.8, 4) is 5.75 Å². The zero-order valence-electron chi connectivity index (χ0n) is 12.1. The second kappa shape index (κ2) is 5.84. The molecule has 0 spiro atoms. The number of hydrogen-bond acceptors (Lipinski definition) is 3. The molecule has 122 valence electrons. The zero-order chi connectivity index (χ0) is 17.3. The van der Waals surface area contributed by atoms with Crippen LogP contribution in [-0.4, -0.2) is 16.0 Å². The molecule has 3 rings (SSSR count). The van der Waals surface area contributed by atoms with Crippen molar-refractivity contribution in [3.63, 3.8) is 0 Å². The molecule has 0 aliphatic carbocycles. The smallest absolute Gasteiger partial charge is 0.416 e. The SMILES string of the molecule is O=C(Nc1ccc(O)c2ncccc12)c1ccc(C(F)(F)F)cc1. The lowest BCUT2D eigenvalue weighted by Gasteiger charge is -2.10. The maximum atomic E-state index is 12.5. The topological polar surface area (TPSA) is 62.2 Å². The number of anilines is 1. The summed E-state index contributed by atoms with van der Waals surface area (Å²) in [6.07, 6.45) is -2.95. The molecule has 0 bridgehead atoms. The van der Waals surface area contributed by atoms with E-state index in [0.717, 1.165) is 24.3 Å². The van der Waals surface area contributed by atoms with E-state index in [0.29, 0.717) is 16.6 Å². The quantitative estimate of drug-likeness (QED) is 0.691. The number of hydrogen-bond donors (Lipinski definition) is 2. The Morgan fingerprint density at radius 3 is 2.42 bits per heavy atom. The third-order valence-corrected chi connectivity index (χ3v) is 3.47. The van der Waals surface area contributed by atoms with Gasteiger partial charge in [0.2, 0.25) is 0 Å². The number of rotatable bonds is 2. The first-order valence-electron chi connectivity index (χ1n) is 6.91. The van der Waals surface area contributed by atoms with Crippen molar-refractivity contribution < 1.29 is 23.1 Å². The van der Waals surface area contributed by atoms with Gasteiger partial charge in [-0.15, -0.1) is 0 Å². The lowest BCUT2D eigenvalue weighted by Crippen LogP contribution is -2.13. The molecule has 4 nitrogen and oxygen atoms in total. The first-order valence-corrected chi connectivity index (χ1v) is 6.91. The lowest BCUT2D eigenvalue weighted by atomic mass is 10.1. The number of phenols is 1. The van der Waals surface area contributed by atoms with E-state index in [-0.39, 0.29) is 11.3 Å². The highest BCUT2D eigenvalue weighted by molar-refractivity contribution is 6.09. The fourth-order valence-electron chi connectivity index (χ4n) is 2.27. The summed E-state index contributed by atoms with van der Waals surface area (Å²) in [5, 5.41) is 12.9. The van der Waals surface area contributed by atoms with Crippen LogP contribution in [0, 0.1) is 0 Å². The summed E-state index contributed by atoms with van der Waals surface area (Å²) in [7, 11) is 0. The number of carbonyl (C=O) groups is 1. The van der Waals surface area contributed by atoms with Crippen molar-refractivity contribution in [2.45, 2.75) is 6.18 Å². The number of aromatic nitrogens is 1. The number of benzene rings is 2. The standard InChI is InChI=1S/C17H11F3N2O2/c18-17(19,20)11-5-3-10(4-6-11)16(24)22-13-7-8-14(23)15-12(13)2-1-9-21-15/h1-9,23H,(H,22,24). The fraction of sp³-hybridized carbons (Fsp3) is 0.0588. The summed E-state index contributed by atoms with van der Waals surface area (Å²) in [4.78, 5) is 16.3. The number of alkyl halides is 3. The third-order valence-electron chi connectivity index (χ3n) is 3.47. The van der Waals surface area contributed by atoms with Gasteiger partial charge in [0.15, 0.2) is 0 Å². The van der Waals surface area contributed by atoms with Crippen LogP contribution in [0.5, 0.6) is 5.75 Å². The predicted octanol–water partition coefficient (Wildman–Crippen LogP) is 4.21. The fourth-order valence-corrected chi connectivity index (χ4v) is 2.27. The van der Waals surface area contributed by atoms with Gasteiger partial charge in [-0.05, 0) is 48.5 Å². The van der Waals surface area contributed by atoms with Crippen LogP contribution in [0.15, 0.2) is 54.7 Å². The van der Waals surface area contributed by atoms with E-state index in [2.05, 4.69) is 10.3 Å². The van der Waals surface area contributed by atoms with Gasteiger partial charge in [0, 0.05) is 17.1 Å². The van der Waals surface area contributed by atoms with E-state index < -0.39 is 17.6 Å². The summed E-state index contributed by atoms with van der Waals surface area (Å²) >= 11 is 0. The van der Waals surface area contributed by atoms with Gasteiger partial charge in [-0.25, -0.2) is 0 Å². The molecule has 1 heterocycles. The summed E-state index contributed by atoms with van der Waals surface area (Å²) in [6.45, 7) is 0. The van der Waals surface area contributed by atoms with Crippen LogP contribution in [0.4, 0.5) is 18.9 Å². The Kier molecular flexibility index (Phi) is 3.84. The average Bonchev–Trinajstić information content (AvgIpc) is 2.57. The number of nitrogens with zero attached hydrogens (tertiary/aromatic N) is 1. The van der Waals surface area contributed by atoms with Crippen LogP contribution in [0.2, 0.25) is 0 Å². The Labute approximate surface area is 134 Å². The summed E-state index contributed by atoms with van der Waals surface area (Å²) in [5.74, 6) is -0.585. The molecule has 0 fully saturated rings. The normalized spacial score (nSPS) is 11.5. The largest absolute Gasteiger partial charge is 0.506 e. The molecule has 0 radical (unpaired) electrons. The molecule has 0 saturated heterocycles. The molecule has 24 heavy (non-hydrogen) atoms. The Hall–Kier alpha value is -3.09. The molecule has 2 aromatic carbocycles. The first kappa shape index (κ1) is 15.8. The molecule has 3 aromatic rings. The Morgan fingerprint density at radius 1 is 1.04 bits per heavy atom. The van der Waals surface area contributed by atoms with Crippen LogP contribution < -0.4 is 5.32 Å². The summed E-state index contributed by atoms with van der Waals surface area (Å²) < 4.78 is 37.6. The zero-order valence-corrected chi connectivity index (χ0v) is 12.1. The number of fused-ring (bicyclic) bond motifs is 1. The molecular formula is C17H11F3N2O2. The van der Waals surface area contributed by atoms with E-state index >= 15 is 0 Å². The second-order valence-electron chi connectivity index (χ2n) is 5.06. The number of carbonyl (C=O) groups excluding carboxylic acids is 1. The van der Waals surface area contributed by atoms with Crippen molar-refractivity contribution in [2.75, 3.05) is 5.32 Å². The van der Waals surface area contributed by atoms with E-state index in [4.69, 9.17) is 0 Å². The summed E-state index contributed by atoms with van der Waals surface area (Å²) in [5.41, 5.74) is -0.00466. The number of phenolic OH excluding ortho intramolecular Hbond substituents is 1. The van der Waals surface area contributed by atoms with Gasteiger partial charge in [-0.3, -0.25) is 9.78 Å². The minimum absolute atomic E-state index is 0.0295. The third kappa shape index (κ3) is 3.01. The van der Waals surface area contributed by atoms with Gasteiger partial charge < -0.3 is 10.4 Å². The van der Waals surface area contributed by atoms with Crippen molar-refractivity contribution in [3.05, 3.63) is 65.9 Å². The van der Waals surface area contributed by atoms with Crippen molar-refractivity contribution >= 4 is 22.5 Å². The molecule has 0 aliphatic heterocycles. The molecule has 0 aliphatic rings. The highest BCUT2D eigenvalue weighted by Crippen LogP contribution is 2.30. The van der Waals surface area contributed by atoms with E-state index in [1.54, 1.807) is 12.1 Å². The van der Waals surface area contributed by atoms with Gasteiger partial charge in [0.25, 0.3) is 5.91 Å². The molecule has 1 aromatic heterocycles. The second-order valence-corrected chi connectivity index (χ2v) is 5.06. The molecule has 0 atom stereocenters. The molecule has 0 unspecified atom stereocenters.